The number of carbonyl (C=O) groups excluding carboxylic acids is 1. The van der Waals surface area contributed by atoms with Gasteiger partial charge in [0.2, 0.25) is 5.91 Å². The van der Waals surface area contributed by atoms with Crippen LogP contribution in [0.1, 0.15) is 27.2 Å². The Morgan fingerprint density at radius 3 is 2.81 bits per heavy atom. The molecule has 2 heterocycles. The van der Waals surface area contributed by atoms with Crippen molar-refractivity contribution in [2.24, 2.45) is 5.92 Å². The van der Waals surface area contributed by atoms with E-state index in [1.165, 1.54) is 0 Å². The molecular weight excluding hydrogens is 204 g/mol. The average molecular weight is 226 g/mol. The van der Waals surface area contributed by atoms with Crippen LogP contribution in [0.15, 0.2) is 0 Å². The number of piperazine rings is 1. The third-order valence-corrected chi connectivity index (χ3v) is 3.43. The van der Waals surface area contributed by atoms with Gasteiger partial charge in [-0.3, -0.25) is 4.79 Å². The lowest BCUT2D eigenvalue weighted by Crippen LogP contribution is -2.59. The second kappa shape index (κ2) is 4.34. The summed E-state index contributed by atoms with van der Waals surface area (Å²) in [5.74, 6) is 0.364. The second-order valence-corrected chi connectivity index (χ2v) is 5.65. The van der Waals surface area contributed by atoms with E-state index in [0.29, 0.717) is 6.61 Å². The van der Waals surface area contributed by atoms with Gasteiger partial charge in [0.1, 0.15) is 0 Å². The third-order valence-electron chi connectivity index (χ3n) is 3.43. The first-order chi connectivity index (χ1) is 7.48. The molecule has 0 saturated carbocycles. The van der Waals surface area contributed by atoms with Crippen LogP contribution in [-0.2, 0) is 9.53 Å². The van der Waals surface area contributed by atoms with Crippen LogP contribution >= 0.6 is 0 Å². The zero-order chi connectivity index (χ0) is 11.8. The number of ether oxygens (including phenoxy) is 1. The first kappa shape index (κ1) is 11.9. The third kappa shape index (κ3) is 2.55. The first-order valence-electron chi connectivity index (χ1n) is 6.13. The van der Waals surface area contributed by atoms with Crippen LogP contribution in [0.3, 0.4) is 0 Å². The maximum Gasteiger partial charge on any atom is 0.228 e. The van der Waals surface area contributed by atoms with Gasteiger partial charge in [0, 0.05) is 25.2 Å². The molecular formula is C12H22N2O2. The minimum absolute atomic E-state index is 0.0407. The predicted molar refractivity (Wildman–Crippen MR) is 62.2 cm³/mol. The quantitative estimate of drug-likeness (QED) is 0.713. The molecule has 2 unspecified atom stereocenters. The van der Waals surface area contributed by atoms with Crippen LogP contribution in [0.4, 0.5) is 0 Å². The van der Waals surface area contributed by atoms with E-state index in [2.05, 4.69) is 19.2 Å². The average Bonchev–Trinajstić information content (AvgIpc) is 2.62. The zero-order valence-corrected chi connectivity index (χ0v) is 10.5. The van der Waals surface area contributed by atoms with Crippen molar-refractivity contribution in [1.82, 2.24) is 10.2 Å². The van der Waals surface area contributed by atoms with Crippen molar-refractivity contribution in [3.63, 3.8) is 0 Å². The van der Waals surface area contributed by atoms with Gasteiger partial charge >= 0.3 is 0 Å². The number of rotatable bonds is 1. The molecule has 0 aliphatic carbocycles. The molecule has 92 valence electrons. The van der Waals surface area contributed by atoms with E-state index >= 15 is 0 Å². The van der Waals surface area contributed by atoms with Crippen LogP contribution in [-0.4, -0.2) is 48.7 Å². The van der Waals surface area contributed by atoms with Gasteiger partial charge < -0.3 is 15.0 Å². The number of nitrogens with zero attached hydrogens (tertiary/aromatic N) is 1. The molecule has 2 aliphatic heterocycles. The van der Waals surface area contributed by atoms with Crippen LogP contribution in [0.2, 0.25) is 0 Å². The highest BCUT2D eigenvalue weighted by Gasteiger charge is 2.35. The molecule has 0 bridgehead atoms. The van der Waals surface area contributed by atoms with E-state index in [9.17, 15) is 4.79 Å². The van der Waals surface area contributed by atoms with Crippen LogP contribution < -0.4 is 5.32 Å². The first-order valence-corrected chi connectivity index (χ1v) is 6.13. The molecule has 1 amide bonds. The Morgan fingerprint density at radius 2 is 2.25 bits per heavy atom. The maximum atomic E-state index is 12.3. The van der Waals surface area contributed by atoms with Gasteiger partial charge in [-0.2, -0.15) is 0 Å². The normalized spacial score (nSPS) is 34.1. The van der Waals surface area contributed by atoms with Crippen LogP contribution in [0.25, 0.3) is 0 Å². The lowest BCUT2D eigenvalue weighted by molar-refractivity contribution is -0.137. The number of carbonyl (C=O) groups is 1. The van der Waals surface area contributed by atoms with E-state index in [0.717, 1.165) is 26.1 Å². The molecule has 2 atom stereocenters. The summed E-state index contributed by atoms with van der Waals surface area (Å²) in [4.78, 5) is 14.2. The molecule has 0 aromatic carbocycles. The fourth-order valence-electron chi connectivity index (χ4n) is 2.58. The molecule has 0 radical (unpaired) electrons. The molecule has 2 fully saturated rings. The van der Waals surface area contributed by atoms with Gasteiger partial charge in [-0.15, -0.1) is 0 Å². The minimum atomic E-state index is 0.0407. The molecule has 1 N–H and O–H groups in total. The number of hydrogen-bond donors (Lipinski definition) is 1. The summed E-state index contributed by atoms with van der Waals surface area (Å²) in [6, 6.07) is 0. The van der Waals surface area contributed by atoms with Gasteiger partial charge in [-0.05, 0) is 27.2 Å². The Labute approximate surface area is 97.3 Å². The number of nitrogens with one attached hydrogen (secondary N) is 1. The lowest BCUT2D eigenvalue weighted by atomic mass is 9.99. The monoisotopic (exact) mass is 226 g/mol. The standard InChI is InChI=1S/C12H22N2O2/c1-9-6-10(7-16-9)11(15)14-5-4-13-12(2,3)8-14/h9-10,13H,4-8H2,1-3H3. The smallest absolute Gasteiger partial charge is 0.228 e. The molecule has 0 spiro atoms. The molecule has 16 heavy (non-hydrogen) atoms. The molecule has 0 aromatic heterocycles. The molecule has 2 aliphatic rings. The van der Waals surface area contributed by atoms with Crippen molar-refractivity contribution in [1.29, 1.82) is 0 Å². The van der Waals surface area contributed by atoms with E-state index in [-0.39, 0.29) is 23.5 Å². The summed E-state index contributed by atoms with van der Waals surface area (Å²) in [6.45, 7) is 9.44. The lowest BCUT2D eigenvalue weighted by Gasteiger charge is -2.40. The summed E-state index contributed by atoms with van der Waals surface area (Å²) in [5, 5.41) is 3.42. The molecule has 4 nitrogen and oxygen atoms in total. The highest BCUT2D eigenvalue weighted by Crippen LogP contribution is 2.22. The van der Waals surface area contributed by atoms with E-state index in [1.807, 2.05) is 11.8 Å². The van der Waals surface area contributed by atoms with Crippen molar-refractivity contribution in [3.05, 3.63) is 0 Å². The summed E-state index contributed by atoms with van der Waals surface area (Å²) < 4.78 is 5.47. The van der Waals surface area contributed by atoms with Crippen LogP contribution in [0, 0.1) is 5.92 Å². The molecule has 2 saturated heterocycles. The van der Waals surface area contributed by atoms with Gasteiger partial charge in [0.25, 0.3) is 0 Å². The SMILES string of the molecule is CC1CC(C(=O)N2CCNC(C)(C)C2)CO1. The maximum absolute atomic E-state index is 12.3. The van der Waals surface area contributed by atoms with E-state index < -0.39 is 0 Å². The van der Waals surface area contributed by atoms with Gasteiger partial charge in [-0.1, -0.05) is 0 Å². The fourth-order valence-corrected chi connectivity index (χ4v) is 2.58. The highest BCUT2D eigenvalue weighted by molar-refractivity contribution is 5.79. The van der Waals surface area contributed by atoms with Crippen LogP contribution in [0.5, 0.6) is 0 Å². The molecule has 4 heteroatoms. The van der Waals surface area contributed by atoms with Crippen molar-refractivity contribution in [3.8, 4) is 0 Å². The minimum Gasteiger partial charge on any atom is -0.378 e. The number of amides is 1. The Morgan fingerprint density at radius 1 is 1.50 bits per heavy atom. The van der Waals surface area contributed by atoms with Crippen molar-refractivity contribution < 1.29 is 9.53 Å². The van der Waals surface area contributed by atoms with Gasteiger partial charge in [-0.25, -0.2) is 0 Å². The van der Waals surface area contributed by atoms with Crippen molar-refractivity contribution in [2.75, 3.05) is 26.2 Å². The molecule has 0 aromatic rings. The summed E-state index contributed by atoms with van der Waals surface area (Å²) in [5.41, 5.74) is 0.0407. The zero-order valence-electron chi connectivity index (χ0n) is 10.5. The van der Waals surface area contributed by atoms with E-state index in [1.54, 1.807) is 0 Å². The fraction of sp³-hybridized carbons (Fsp3) is 0.917. The van der Waals surface area contributed by atoms with E-state index in [4.69, 9.17) is 4.74 Å². The van der Waals surface area contributed by atoms with Crippen molar-refractivity contribution >= 4 is 5.91 Å². The summed E-state index contributed by atoms with van der Waals surface area (Å²) >= 11 is 0. The highest BCUT2D eigenvalue weighted by atomic mass is 16.5. The van der Waals surface area contributed by atoms with Gasteiger partial charge in [0.15, 0.2) is 0 Å². The second-order valence-electron chi connectivity index (χ2n) is 5.65. The topological polar surface area (TPSA) is 41.6 Å². The predicted octanol–water partition coefficient (Wildman–Crippen LogP) is 0.622. The Balaban J connectivity index is 1.94. The summed E-state index contributed by atoms with van der Waals surface area (Å²) in [6.07, 6.45) is 1.12. The number of hydrogen-bond acceptors (Lipinski definition) is 3. The Bertz CT molecular complexity index is 278. The molecule has 2 rings (SSSR count). The largest absolute Gasteiger partial charge is 0.378 e. The Kier molecular flexibility index (Phi) is 3.22. The van der Waals surface area contributed by atoms with Gasteiger partial charge in [0.05, 0.1) is 18.6 Å². The summed E-state index contributed by atoms with van der Waals surface area (Å²) in [7, 11) is 0. The van der Waals surface area contributed by atoms with Crippen molar-refractivity contribution in [2.45, 2.75) is 38.8 Å². The Hall–Kier alpha value is -0.610.